The van der Waals surface area contributed by atoms with Gasteiger partial charge in [0, 0.05) is 25.0 Å². The van der Waals surface area contributed by atoms with Gasteiger partial charge < -0.3 is 0 Å². The highest BCUT2D eigenvalue weighted by atomic mass is 15.1. The molecule has 0 fully saturated rings. The van der Waals surface area contributed by atoms with Crippen LogP contribution in [-0.4, -0.2) is 11.4 Å². The lowest BCUT2D eigenvalue weighted by molar-refractivity contribution is 0.252. The van der Waals surface area contributed by atoms with Gasteiger partial charge in [0.05, 0.1) is 0 Å². The van der Waals surface area contributed by atoms with Crippen LogP contribution < -0.4 is 0 Å². The fourth-order valence-corrected chi connectivity index (χ4v) is 5.56. The molecule has 0 bridgehead atoms. The van der Waals surface area contributed by atoms with E-state index in [-0.39, 0.29) is 5.41 Å². The normalized spacial score (nSPS) is 17.5. The molecule has 1 nitrogen and oxygen atoms in total. The molecule has 0 saturated heterocycles. The van der Waals surface area contributed by atoms with Gasteiger partial charge >= 0.3 is 0 Å². The molecule has 3 aromatic carbocycles. The molecule has 0 saturated carbocycles. The first-order valence-corrected chi connectivity index (χ1v) is 10.8. The van der Waals surface area contributed by atoms with Crippen molar-refractivity contribution in [2.75, 3.05) is 6.54 Å². The second-order valence-corrected chi connectivity index (χ2v) is 8.48. The van der Waals surface area contributed by atoms with Gasteiger partial charge in [0.2, 0.25) is 0 Å². The van der Waals surface area contributed by atoms with Crippen LogP contribution in [0, 0.1) is 0 Å². The van der Waals surface area contributed by atoms with Gasteiger partial charge in [0.25, 0.3) is 0 Å². The Bertz CT molecular complexity index is 914. The molecule has 1 heteroatoms. The molecule has 0 amide bonds. The van der Waals surface area contributed by atoms with Crippen molar-refractivity contribution < 1.29 is 0 Å². The van der Waals surface area contributed by atoms with Crippen LogP contribution in [0.15, 0.2) is 72.8 Å². The average Bonchev–Trinajstić information content (AvgIpc) is 3.11. The Morgan fingerprint density at radius 3 is 1.64 bits per heavy atom. The predicted molar refractivity (Wildman–Crippen MR) is 117 cm³/mol. The maximum absolute atomic E-state index is 2.64. The standard InChI is InChI=1S/C27H29N/c1-2-27(17-18-28-19-23-11-3-4-12-24(23)20-28)25-13-7-5-9-21(25)15-16-22-10-6-8-14-26(22)27/h3-14H,2,15-20H2,1H3. The van der Waals surface area contributed by atoms with Gasteiger partial charge in [-0.15, -0.1) is 0 Å². The van der Waals surface area contributed by atoms with Crippen LogP contribution in [0.1, 0.15) is 53.1 Å². The summed E-state index contributed by atoms with van der Waals surface area (Å²) in [5.41, 5.74) is 9.37. The summed E-state index contributed by atoms with van der Waals surface area (Å²) in [5, 5.41) is 0. The molecule has 0 N–H and O–H groups in total. The minimum Gasteiger partial charge on any atom is -0.295 e. The number of rotatable bonds is 4. The second-order valence-electron chi connectivity index (χ2n) is 8.48. The molecule has 0 unspecified atom stereocenters. The van der Waals surface area contributed by atoms with Crippen molar-refractivity contribution in [3.05, 3.63) is 106 Å². The van der Waals surface area contributed by atoms with Crippen LogP contribution >= 0.6 is 0 Å². The number of hydrogen-bond acceptors (Lipinski definition) is 1. The topological polar surface area (TPSA) is 3.24 Å². The summed E-state index contributed by atoms with van der Waals surface area (Å²) in [6, 6.07) is 27.4. The van der Waals surface area contributed by atoms with Crippen molar-refractivity contribution in [1.29, 1.82) is 0 Å². The van der Waals surface area contributed by atoms with E-state index in [4.69, 9.17) is 0 Å². The molecule has 28 heavy (non-hydrogen) atoms. The monoisotopic (exact) mass is 367 g/mol. The first-order valence-electron chi connectivity index (χ1n) is 10.8. The van der Waals surface area contributed by atoms with E-state index >= 15 is 0 Å². The number of fused-ring (bicyclic) bond motifs is 3. The summed E-state index contributed by atoms with van der Waals surface area (Å²) in [4.78, 5) is 2.64. The Morgan fingerprint density at radius 2 is 1.14 bits per heavy atom. The highest BCUT2D eigenvalue weighted by Gasteiger charge is 2.37. The zero-order valence-electron chi connectivity index (χ0n) is 16.8. The number of benzene rings is 3. The summed E-state index contributed by atoms with van der Waals surface area (Å²) in [7, 11) is 0. The van der Waals surface area contributed by atoms with Crippen molar-refractivity contribution in [3.63, 3.8) is 0 Å². The Kier molecular flexibility index (Phi) is 4.56. The third kappa shape index (κ3) is 2.89. The van der Waals surface area contributed by atoms with Crippen LogP contribution in [0.2, 0.25) is 0 Å². The van der Waals surface area contributed by atoms with Crippen molar-refractivity contribution >= 4 is 0 Å². The summed E-state index contributed by atoms with van der Waals surface area (Å²) < 4.78 is 0. The molecular weight excluding hydrogens is 338 g/mol. The predicted octanol–water partition coefficient (Wildman–Crippen LogP) is 5.89. The third-order valence-corrected chi connectivity index (χ3v) is 7.09. The largest absolute Gasteiger partial charge is 0.295 e. The maximum Gasteiger partial charge on any atom is 0.0240 e. The van der Waals surface area contributed by atoms with E-state index in [1.165, 1.54) is 17.5 Å². The Morgan fingerprint density at radius 1 is 0.679 bits per heavy atom. The first kappa shape index (κ1) is 17.7. The third-order valence-electron chi connectivity index (χ3n) is 7.09. The lowest BCUT2D eigenvalue weighted by Crippen LogP contribution is -2.33. The first-order chi connectivity index (χ1) is 13.8. The average molecular weight is 368 g/mol. The fourth-order valence-electron chi connectivity index (χ4n) is 5.56. The van der Waals surface area contributed by atoms with Gasteiger partial charge in [0.15, 0.2) is 0 Å². The van der Waals surface area contributed by atoms with E-state index in [2.05, 4.69) is 84.6 Å². The van der Waals surface area contributed by atoms with Crippen LogP contribution in [0.3, 0.4) is 0 Å². The van der Waals surface area contributed by atoms with Crippen LogP contribution in [-0.2, 0) is 31.3 Å². The van der Waals surface area contributed by atoms with Crippen molar-refractivity contribution in [3.8, 4) is 0 Å². The highest BCUT2D eigenvalue weighted by molar-refractivity contribution is 5.49. The molecule has 0 aromatic heterocycles. The fraction of sp³-hybridized carbons (Fsp3) is 0.333. The van der Waals surface area contributed by atoms with E-state index in [1.807, 2.05) is 0 Å². The van der Waals surface area contributed by atoms with E-state index < -0.39 is 0 Å². The van der Waals surface area contributed by atoms with E-state index in [0.717, 1.165) is 38.9 Å². The second kappa shape index (κ2) is 7.22. The van der Waals surface area contributed by atoms with Crippen LogP contribution in [0.5, 0.6) is 0 Å². The van der Waals surface area contributed by atoms with Gasteiger partial charge in [-0.25, -0.2) is 0 Å². The summed E-state index contributed by atoms with van der Waals surface area (Å²) in [6.45, 7) is 5.72. The molecule has 1 heterocycles. The minimum absolute atomic E-state index is 0.123. The molecule has 0 radical (unpaired) electrons. The molecule has 5 rings (SSSR count). The summed E-state index contributed by atoms with van der Waals surface area (Å²) >= 11 is 0. The number of nitrogens with zero attached hydrogens (tertiary/aromatic N) is 1. The molecule has 3 aromatic rings. The molecule has 0 spiro atoms. The zero-order chi connectivity index (χ0) is 19.0. The summed E-state index contributed by atoms with van der Waals surface area (Å²) in [5.74, 6) is 0. The highest BCUT2D eigenvalue weighted by Crippen LogP contribution is 2.45. The zero-order valence-corrected chi connectivity index (χ0v) is 16.8. The number of aryl methyl sites for hydroxylation is 2. The van der Waals surface area contributed by atoms with E-state index in [1.54, 1.807) is 22.3 Å². The Balaban J connectivity index is 1.51. The lowest BCUT2D eigenvalue weighted by atomic mass is 9.68. The van der Waals surface area contributed by atoms with Gasteiger partial charge in [-0.2, -0.15) is 0 Å². The van der Waals surface area contributed by atoms with E-state index in [0.29, 0.717) is 0 Å². The molecular formula is C27H29N. The lowest BCUT2D eigenvalue weighted by Gasteiger charge is -2.37. The van der Waals surface area contributed by atoms with Gasteiger partial charge in [-0.3, -0.25) is 4.90 Å². The van der Waals surface area contributed by atoms with E-state index in [9.17, 15) is 0 Å². The molecule has 1 aliphatic heterocycles. The Labute approximate surface area is 169 Å². The minimum atomic E-state index is 0.123. The van der Waals surface area contributed by atoms with Crippen molar-refractivity contribution in [2.45, 2.75) is 51.1 Å². The molecule has 2 aliphatic rings. The van der Waals surface area contributed by atoms with Crippen molar-refractivity contribution in [2.24, 2.45) is 0 Å². The van der Waals surface area contributed by atoms with Gasteiger partial charge in [-0.1, -0.05) is 79.7 Å². The van der Waals surface area contributed by atoms with Crippen LogP contribution in [0.4, 0.5) is 0 Å². The number of hydrogen-bond donors (Lipinski definition) is 0. The summed E-state index contributed by atoms with van der Waals surface area (Å²) in [6.07, 6.45) is 4.65. The maximum atomic E-state index is 2.64. The smallest absolute Gasteiger partial charge is 0.0240 e. The molecule has 0 atom stereocenters. The molecule has 1 aliphatic carbocycles. The van der Waals surface area contributed by atoms with Crippen molar-refractivity contribution in [1.82, 2.24) is 4.90 Å². The van der Waals surface area contributed by atoms with Gasteiger partial charge in [-0.05, 0) is 59.1 Å². The van der Waals surface area contributed by atoms with Crippen LogP contribution in [0.25, 0.3) is 0 Å². The SMILES string of the molecule is CCC1(CCN2Cc3ccccc3C2)c2ccccc2CCc2ccccc21. The Hall–Kier alpha value is -2.38. The van der Waals surface area contributed by atoms with Gasteiger partial charge in [0.1, 0.15) is 0 Å². The molecule has 142 valence electrons. The quantitative estimate of drug-likeness (QED) is 0.556.